The number of carbonyl (C=O) groups is 1. The quantitative estimate of drug-likeness (QED) is 0.582. The first-order valence-corrected chi connectivity index (χ1v) is 12.3. The van der Waals surface area contributed by atoms with Crippen molar-refractivity contribution in [2.24, 2.45) is 0 Å². The van der Waals surface area contributed by atoms with E-state index in [1.807, 2.05) is 4.90 Å². The van der Waals surface area contributed by atoms with Gasteiger partial charge in [-0.25, -0.2) is 14.4 Å². The number of piperazine rings is 1. The van der Waals surface area contributed by atoms with E-state index in [0.29, 0.717) is 32.1 Å². The highest BCUT2D eigenvalue weighted by Crippen LogP contribution is 2.32. The number of rotatable bonds is 4. The smallest absolute Gasteiger partial charge is 0.237 e. The van der Waals surface area contributed by atoms with Crippen molar-refractivity contribution >= 4 is 38.9 Å². The summed E-state index contributed by atoms with van der Waals surface area (Å²) >= 11 is 1.78. The molecule has 0 N–H and O–H groups in total. The Bertz CT molecular complexity index is 1170. The van der Waals surface area contributed by atoms with Gasteiger partial charge in [0.25, 0.3) is 0 Å². The van der Waals surface area contributed by atoms with E-state index in [1.54, 1.807) is 11.3 Å². The minimum Gasteiger partial charge on any atom is -0.338 e. The summed E-state index contributed by atoms with van der Waals surface area (Å²) in [5.74, 6) is 0.273. The highest BCUT2D eigenvalue weighted by atomic mass is 32.1. The Kier molecular flexibility index (Phi) is 6.12. The molecule has 0 saturated carbocycles. The number of benzene rings is 1. The van der Waals surface area contributed by atoms with Gasteiger partial charge in [0.15, 0.2) is 5.82 Å². The zero-order valence-corrected chi connectivity index (χ0v) is 19.8. The Morgan fingerprint density at radius 2 is 1.91 bits per heavy atom. The van der Waals surface area contributed by atoms with E-state index in [-0.39, 0.29) is 18.0 Å². The van der Waals surface area contributed by atoms with Crippen molar-refractivity contribution in [3.63, 3.8) is 0 Å². The molecule has 1 fully saturated rings. The number of hydrogen-bond donors (Lipinski definition) is 0. The van der Waals surface area contributed by atoms with Gasteiger partial charge in [0.2, 0.25) is 11.9 Å². The first-order chi connectivity index (χ1) is 16.0. The Labute approximate surface area is 197 Å². The summed E-state index contributed by atoms with van der Waals surface area (Å²) in [6.45, 7) is 7.46. The molecule has 1 aromatic carbocycles. The molecule has 2 unspecified atom stereocenters. The first-order valence-electron chi connectivity index (χ1n) is 11.4. The molecule has 1 amide bonds. The summed E-state index contributed by atoms with van der Waals surface area (Å²) in [6, 6.07) is 8.95. The van der Waals surface area contributed by atoms with E-state index in [1.165, 1.54) is 33.6 Å². The molecule has 2 aliphatic rings. The van der Waals surface area contributed by atoms with Gasteiger partial charge in [-0.1, -0.05) is 24.3 Å². The number of aromatic nitrogens is 2. The van der Waals surface area contributed by atoms with Crippen LogP contribution in [0.15, 0.2) is 48.1 Å². The number of hydrogen-bond acceptors (Lipinski definition) is 6. The fourth-order valence-electron chi connectivity index (χ4n) is 4.94. The van der Waals surface area contributed by atoms with Gasteiger partial charge in [-0.05, 0) is 48.2 Å². The zero-order valence-electron chi connectivity index (χ0n) is 18.9. The number of fused-ring (bicyclic) bond motifs is 1. The molecule has 2 aromatic heterocycles. The molecule has 5 rings (SSSR count). The molecule has 3 aromatic rings. The number of halogens is 1. The topological polar surface area (TPSA) is 52.6 Å². The average molecular weight is 466 g/mol. The average Bonchev–Trinajstić information content (AvgIpc) is 3.31. The Morgan fingerprint density at radius 3 is 2.61 bits per heavy atom. The molecule has 2 atom stereocenters. The molecule has 0 bridgehead atoms. The molecule has 33 heavy (non-hydrogen) atoms. The van der Waals surface area contributed by atoms with Crippen LogP contribution in [0.5, 0.6) is 0 Å². The van der Waals surface area contributed by atoms with E-state index in [0.717, 1.165) is 13.0 Å². The predicted molar refractivity (Wildman–Crippen MR) is 131 cm³/mol. The fraction of sp³-hybridized carbons (Fsp3) is 0.400. The number of nitrogens with zero attached hydrogens (tertiary/aromatic N) is 5. The van der Waals surface area contributed by atoms with Gasteiger partial charge in [-0.2, -0.15) is 0 Å². The third kappa shape index (κ3) is 4.50. The van der Waals surface area contributed by atoms with E-state index in [4.69, 9.17) is 0 Å². The summed E-state index contributed by atoms with van der Waals surface area (Å²) < 4.78 is 14.5. The summed E-state index contributed by atoms with van der Waals surface area (Å²) in [4.78, 5) is 27.7. The second-order valence-corrected chi connectivity index (χ2v) is 9.86. The van der Waals surface area contributed by atoms with Gasteiger partial charge in [0.05, 0.1) is 18.9 Å². The number of thiophene rings is 1. The van der Waals surface area contributed by atoms with Crippen LogP contribution in [0, 0.1) is 5.82 Å². The molecule has 1 saturated heterocycles. The highest BCUT2D eigenvalue weighted by molar-refractivity contribution is 7.17. The van der Waals surface area contributed by atoms with E-state index in [2.05, 4.69) is 69.3 Å². The predicted octanol–water partition coefficient (Wildman–Crippen LogP) is 4.05. The number of carbonyl (C=O) groups excluding carboxylic acids is 1. The lowest BCUT2D eigenvalue weighted by Gasteiger charge is -2.44. The minimum atomic E-state index is -0.435. The third-order valence-corrected chi connectivity index (χ3v) is 7.66. The van der Waals surface area contributed by atoms with Crippen LogP contribution in [-0.2, 0) is 4.79 Å². The molecule has 172 valence electrons. The normalized spacial score (nSPS) is 22.0. The second kappa shape index (κ2) is 9.19. The monoisotopic (exact) mass is 465 g/mol. The van der Waals surface area contributed by atoms with Crippen LogP contribution < -0.4 is 4.90 Å². The van der Waals surface area contributed by atoms with Gasteiger partial charge in [-0.3, -0.25) is 9.69 Å². The van der Waals surface area contributed by atoms with Gasteiger partial charge in [0, 0.05) is 43.0 Å². The standard InChI is InChI=1S/C25H28FN5OS/c1-17-14-30(25-27-12-21(26)13-28-25)15-18(2)31(17)16-23(32)29-9-6-19(7-10-29)22-5-3-4-20-8-11-33-24(20)22/h3-6,8,11-13,17-18H,7,9-10,14-16H2,1-2H3. The highest BCUT2D eigenvalue weighted by Gasteiger charge is 2.33. The van der Waals surface area contributed by atoms with Crippen molar-refractivity contribution in [3.05, 3.63) is 59.5 Å². The summed E-state index contributed by atoms with van der Waals surface area (Å²) in [5.41, 5.74) is 2.64. The van der Waals surface area contributed by atoms with Crippen molar-refractivity contribution in [2.75, 3.05) is 37.6 Å². The summed E-state index contributed by atoms with van der Waals surface area (Å²) in [5, 5.41) is 3.42. The summed E-state index contributed by atoms with van der Waals surface area (Å²) in [7, 11) is 0. The van der Waals surface area contributed by atoms with Gasteiger partial charge in [0.1, 0.15) is 0 Å². The maximum absolute atomic E-state index is 13.2. The van der Waals surface area contributed by atoms with Crippen molar-refractivity contribution in [3.8, 4) is 0 Å². The molecule has 8 heteroatoms. The van der Waals surface area contributed by atoms with Crippen LogP contribution >= 0.6 is 11.3 Å². The molecule has 6 nitrogen and oxygen atoms in total. The van der Waals surface area contributed by atoms with Crippen LogP contribution in [0.1, 0.15) is 25.8 Å². The maximum Gasteiger partial charge on any atom is 0.237 e. The van der Waals surface area contributed by atoms with Crippen molar-refractivity contribution < 1.29 is 9.18 Å². The van der Waals surface area contributed by atoms with Crippen molar-refractivity contribution in [2.45, 2.75) is 32.4 Å². The first kappa shape index (κ1) is 22.0. The van der Waals surface area contributed by atoms with Crippen LogP contribution in [0.25, 0.3) is 15.7 Å². The van der Waals surface area contributed by atoms with Gasteiger partial charge in [-0.15, -0.1) is 11.3 Å². The Morgan fingerprint density at radius 1 is 1.15 bits per heavy atom. The second-order valence-electron chi connectivity index (χ2n) is 8.94. The minimum absolute atomic E-state index is 0.165. The molecule has 0 aliphatic carbocycles. The number of amides is 1. The largest absolute Gasteiger partial charge is 0.338 e. The van der Waals surface area contributed by atoms with E-state index in [9.17, 15) is 9.18 Å². The molecule has 0 spiro atoms. The van der Waals surface area contributed by atoms with Crippen LogP contribution in [0.2, 0.25) is 0 Å². The molecule has 4 heterocycles. The lowest BCUT2D eigenvalue weighted by molar-refractivity contribution is -0.133. The van der Waals surface area contributed by atoms with E-state index < -0.39 is 5.82 Å². The SMILES string of the molecule is CC1CN(c2ncc(F)cn2)CC(C)N1CC(=O)N1CC=C(c2cccc3ccsc23)CC1. The summed E-state index contributed by atoms with van der Waals surface area (Å²) in [6.07, 6.45) is 5.49. The lowest BCUT2D eigenvalue weighted by atomic mass is 9.98. The third-order valence-electron chi connectivity index (χ3n) is 6.70. The lowest BCUT2D eigenvalue weighted by Crippen LogP contribution is -2.59. The number of anilines is 1. The van der Waals surface area contributed by atoms with Crippen molar-refractivity contribution in [1.29, 1.82) is 0 Å². The molecular formula is C25H28FN5OS. The fourth-order valence-corrected chi connectivity index (χ4v) is 5.89. The maximum atomic E-state index is 13.2. The Hall–Kier alpha value is -2.84. The van der Waals surface area contributed by atoms with Gasteiger partial charge < -0.3 is 9.80 Å². The van der Waals surface area contributed by atoms with Crippen LogP contribution in [-0.4, -0.2) is 70.5 Å². The Balaban J connectivity index is 1.21. The van der Waals surface area contributed by atoms with Crippen LogP contribution in [0.3, 0.4) is 0 Å². The van der Waals surface area contributed by atoms with E-state index >= 15 is 0 Å². The van der Waals surface area contributed by atoms with Crippen molar-refractivity contribution in [1.82, 2.24) is 19.8 Å². The van der Waals surface area contributed by atoms with Crippen LogP contribution in [0.4, 0.5) is 10.3 Å². The molecular weight excluding hydrogens is 437 g/mol. The zero-order chi connectivity index (χ0) is 22.9. The molecule has 2 aliphatic heterocycles. The molecule has 0 radical (unpaired) electrons. The van der Waals surface area contributed by atoms with Gasteiger partial charge >= 0.3 is 0 Å².